The summed E-state index contributed by atoms with van der Waals surface area (Å²) < 4.78 is 13.7. The molecule has 2 heterocycles. The largest absolute Gasteiger partial charge is 0.313 e. The van der Waals surface area contributed by atoms with Crippen LogP contribution < -0.4 is 0 Å². The SMILES string of the molecule is CCc1cc2nc(C)c(F)[nH]c-2nc1=S. The molecule has 0 bridgehead atoms. The van der Waals surface area contributed by atoms with E-state index in [2.05, 4.69) is 15.0 Å². The van der Waals surface area contributed by atoms with Crippen LogP contribution in [0, 0.1) is 17.5 Å². The molecule has 0 amide bonds. The first kappa shape index (κ1) is 10.2. The molecule has 3 nitrogen and oxygen atoms in total. The topological polar surface area (TPSA) is 41.6 Å². The van der Waals surface area contributed by atoms with Gasteiger partial charge in [-0.15, -0.1) is 0 Å². The molecule has 0 saturated heterocycles. The molecule has 0 aromatic heterocycles. The molecule has 2 rings (SSSR count). The minimum atomic E-state index is -0.464. The van der Waals surface area contributed by atoms with Crippen molar-refractivity contribution in [2.75, 3.05) is 0 Å². The Morgan fingerprint density at radius 2 is 2.20 bits per heavy atom. The predicted molar refractivity (Wildman–Crippen MR) is 57.9 cm³/mol. The summed E-state index contributed by atoms with van der Waals surface area (Å²) in [5.41, 5.74) is 1.95. The van der Waals surface area contributed by atoms with E-state index in [9.17, 15) is 4.39 Å². The fourth-order valence-electron chi connectivity index (χ4n) is 1.38. The summed E-state index contributed by atoms with van der Waals surface area (Å²) in [5, 5.41) is 0. The average molecular weight is 223 g/mol. The van der Waals surface area contributed by atoms with Gasteiger partial charge in [-0.3, -0.25) is 0 Å². The zero-order chi connectivity index (χ0) is 11.0. The monoisotopic (exact) mass is 223 g/mol. The van der Waals surface area contributed by atoms with Crippen molar-refractivity contribution in [1.29, 1.82) is 0 Å². The van der Waals surface area contributed by atoms with Gasteiger partial charge in [0.25, 0.3) is 0 Å². The quantitative estimate of drug-likeness (QED) is 0.756. The maximum Gasteiger partial charge on any atom is 0.214 e. The van der Waals surface area contributed by atoms with Gasteiger partial charge in [-0.05, 0) is 25.0 Å². The van der Waals surface area contributed by atoms with Crippen molar-refractivity contribution in [1.82, 2.24) is 15.0 Å². The molecular formula is C10H10FN3S. The van der Waals surface area contributed by atoms with Gasteiger partial charge in [0.15, 0.2) is 5.82 Å². The van der Waals surface area contributed by atoms with Crippen molar-refractivity contribution in [2.24, 2.45) is 0 Å². The van der Waals surface area contributed by atoms with Crippen LogP contribution in [0.25, 0.3) is 11.5 Å². The third-order valence-corrected chi connectivity index (χ3v) is 2.61. The summed E-state index contributed by atoms with van der Waals surface area (Å²) in [5.74, 6) is -0.0612. The lowest BCUT2D eigenvalue weighted by atomic mass is 10.2. The number of hydrogen-bond acceptors (Lipinski definition) is 3. The number of pyridine rings is 1. The maximum absolute atomic E-state index is 13.2. The second-order valence-electron chi connectivity index (χ2n) is 3.31. The highest BCUT2D eigenvalue weighted by Gasteiger charge is 2.11. The highest BCUT2D eigenvalue weighted by molar-refractivity contribution is 7.71. The van der Waals surface area contributed by atoms with Crippen LogP contribution in [0.15, 0.2) is 6.07 Å². The van der Waals surface area contributed by atoms with Gasteiger partial charge in [0, 0.05) is 0 Å². The Hall–Kier alpha value is -1.36. The number of hydrogen-bond donors (Lipinski definition) is 1. The summed E-state index contributed by atoms with van der Waals surface area (Å²) in [6.07, 6.45) is 0.805. The number of fused-ring (bicyclic) bond motifs is 1. The van der Waals surface area contributed by atoms with Gasteiger partial charge in [-0.25, -0.2) is 9.97 Å². The van der Waals surface area contributed by atoms with E-state index in [4.69, 9.17) is 12.2 Å². The van der Waals surface area contributed by atoms with Crippen molar-refractivity contribution in [3.63, 3.8) is 0 Å². The summed E-state index contributed by atoms with van der Waals surface area (Å²) in [4.78, 5) is 10.8. The van der Waals surface area contributed by atoms with E-state index in [1.165, 1.54) is 0 Å². The van der Waals surface area contributed by atoms with Gasteiger partial charge < -0.3 is 4.98 Å². The summed E-state index contributed by atoms with van der Waals surface area (Å²) in [6, 6.07) is 1.85. The second-order valence-corrected chi connectivity index (χ2v) is 3.70. The molecule has 0 atom stereocenters. The van der Waals surface area contributed by atoms with Crippen LogP contribution in [-0.4, -0.2) is 15.0 Å². The molecule has 5 heteroatoms. The molecule has 0 fully saturated rings. The molecule has 0 saturated carbocycles. The summed E-state index contributed by atoms with van der Waals surface area (Å²) in [6.45, 7) is 3.61. The number of H-pyrrole nitrogens is 1. The first-order valence-electron chi connectivity index (χ1n) is 4.68. The minimum Gasteiger partial charge on any atom is -0.313 e. The van der Waals surface area contributed by atoms with Crippen LogP contribution in [0.3, 0.4) is 0 Å². The van der Waals surface area contributed by atoms with Crippen LogP contribution in [0.2, 0.25) is 0 Å². The zero-order valence-electron chi connectivity index (χ0n) is 8.47. The fourth-order valence-corrected chi connectivity index (χ4v) is 1.67. The molecule has 0 aromatic rings. The molecule has 1 N–H and O–H groups in total. The number of nitrogens with one attached hydrogen (secondary N) is 1. The Morgan fingerprint density at radius 3 is 2.87 bits per heavy atom. The molecule has 2 aliphatic heterocycles. The molecule has 0 aromatic carbocycles. The molecule has 0 unspecified atom stereocenters. The molecule has 0 aliphatic carbocycles. The summed E-state index contributed by atoms with van der Waals surface area (Å²) in [7, 11) is 0. The Bertz CT molecular complexity index is 535. The third-order valence-electron chi connectivity index (χ3n) is 2.26. The van der Waals surface area contributed by atoms with E-state index in [-0.39, 0.29) is 0 Å². The van der Waals surface area contributed by atoms with E-state index < -0.39 is 5.95 Å². The number of rotatable bonds is 1. The zero-order valence-corrected chi connectivity index (χ0v) is 9.28. The lowest BCUT2D eigenvalue weighted by Gasteiger charge is -2.07. The number of aromatic nitrogens is 3. The number of aryl methyl sites for hydroxylation is 2. The van der Waals surface area contributed by atoms with E-state index in [0.717, 1.165) is 12.0 Å². The van der Waals surface area contributed by atoms with Crippen molar-refractivity contribution < 1.29 is 4.39 Å². The van der Waals surface area contributed by atoms with Crippen LogP contribution in [0.4, 0.5) is 4.39 Å². The van der Waals surface area contributed by atoms with Gasteiger partial charge in [-0.1, -0.05) is 19.1 Å². The van der Waals surface area contributed by atoms with E-state index >= 15 is 0 Å². The highest BCUT2D eigenvalue weighted by Crippen LogP contribution is 2.18. The lowest BCUT2D eigenvalue weighted by molar-refractivity contribution is 0.564. The highest BCUT2D eigenvalue weighted by atomic mass is 32.1. The lowest BCUT2D eigenvalue weighted by Crippen LogP contribution is -2.03. The van der Waals surface area contributed by atoms with Crippen LogP contribution in [-0.2, 0) is 6.42 Å². The molecule has 0 radical (unpaired) electrons. The Labute approximate surface area is 91.7 Å². The van der Waals surface area contributed by atoms with Gasteiger partial charge in [0.05, 0.1) is 5.69 Å². The first-order chi connectivity index (χ1) is 7.11. The molecule has 0 spiro atoms. The van der Waals surface area contributed by atoms with E-state index in [0.29, 0.717) is 21.9 Å². The fraction of sp³-hybridized carbons (Fsp3) is 0.300. The van der Waals surface area contributed by atoms with Crippen LogP contribution >= 0.6 is 12.2 Å². The molecule has 2 aliphatic rings. The van der Waals surface area contributed by atoms with Crippen molar-refractivity contribution in [3.05, 3.63) is 27.9 Å². The number of halogens is 1. The second kappa shape index (κ2) is 3.66. The number of nitrogens with zero attached hydrogens (tertiary/aromatic N) is 2. The molecule has 78 valence electrons. The van der Waals surface area contributed by atoms with Gasteiger partial charge in [-0.2, -0.15) is 4.39 Å². The summed E-state index contributed by atoms with van der Waals surface area (Å²) >= 11 is 5.07. The first-order valence-corrected chi connectivity index (χ1v) is 5.08. The van der Waals surface area contributed by atoms with Crippen LogP contribution in [0.1, 0.15) is 18.2 Å². The van der Waals surface area contributed by atoms with Gasteiger partial charge >= 0.3 is 0 Å². The molecule has 15 heavy (non-hydrogen) atoms. The Morgan fingerprint density at radius 1 is 1.47 bits per heavy atom. The predicted octanol–water partition coefficient (Wildman–Crippen LogP) is 2.65. The minimum absolute atomic E-state index is 0.337. The van der Waals surface area contributed by atoms with Crippen molar-refractivity contribution in [2.45, 2.75) is 20.3 Å². The smallest absolute Gasteiger partial charge is 0.214 e. The van der Waals surface area contributed by atoms with Crippen molar-refractivity contribution in [3.8, 4) is 11.5 Å². The van der Waals surface area contributed by atoms with E-state index in [1.807, 2.05) is 13.0 Å². The van der Waals surface area contributed by atoms with E-state index in [1.54, 1.807) is 6.92 Å². The molecular weight excluding hydrogens is 213 g/mol. The van der Waals surface area contributed by atoms with Gasteiger partial charge in [0.2, 0.25) is 5.95 Å². The van der Waals surface area contributed by atoms with Gasteiger partial charge in [0.1, 0.15) is 10.3 Å². The Kier molecular flexibility index (Phi) is 2.48. The number of aromatic amines is 1. The average Bonchev–Trinajstić information content (AvgIpc) is 2.20. The maximum atomic E-state index is 13.2. The standard InChI is InChI=1S/C10H10FN3S/c1-3-6-4-7-9(14-10(6)15)13-8(11)5(2)12-7/h4H,3H2,1-2H3,(H,13,14,15). The van der Waals surface area contributed by atoms with Crippen molar-refractivity contribution >= 4 is 12.2 Å². The third kappa shape index (κ3) is 1.74. The normalized spacial score (nSPS) is 10.9. The Balaban J connectivity index is 2.78. The van der Waals surface area contributed by atoms with Crippen LogP contribution in [0.5, 0.6) is 0 Å².